The van der Waals surface area contributed by atoms with Crippen LogP contribution in [0.2, 0.25) is 0 Å². The number of hydrogen-bond donors (Lipinski definition) is 1. The fraction of sp³-hybridized carbons (Fsp3) is 0.833. The van der Waals surface area contributed by atoms with E-state index in [2.05, 4.69) is 24.3 Å². The second-order valence-corrected chi connectivity index (χ2v) is 13.0. The van der Waals surface area contributed by atoms with Crippen molar-refractivity contribution in [3.8, 4) is 0 Å². The van der Waals surface area contributed by atoms with Crippen LogP contribution in [0.3, 0.4) is 0 Å². The van der Waals surface area contributed by atoms with Crippen LogP contribution in [-0.2, 0) is 9.63 Å². The molecular formula is C30H46FN3O3. The van der Waals surface area contributed by atoms with Crippen LogP contribution in [-0.4, -0.2) is 54.8 Å². The highest BCUT2D eigenvalue weighted by atomic mass is 19.1. The van der Waals surface area contributed by atoms with Crippen molar-refractivity contribution in [3.63, 3.8) is 0 Å². The zero-order valence-corrected chi connectivity index (χ0v) is 23.1. The number of piperidine rings is 1. The van der Waals surface area contributed by atoms with Crippen LogP contribution >= 0.6 is 0 Å². The van der Waals surface area contributed by atoms with Gasteiger partial charge in [0.05, 0.1) is 12.3 Å². The summed E-state index contributed by atoms with van der Waals surface area (Å²) in [6, 6.07) is 0.192. The second kappa shape index (κ2) is 10.8. The molecule has 1 unspecified atom stereocenters. The summed E-state index contributed by atoms with van der Waals surface area (Å²) in [7, 11) is 0. The minimum atomic E-state index is -0.584. The number of nitrogens with one attached hydrogen (secondary N) is 1. The van der Waals surface area contributed by atoms with E-state index in [0.717, 1.165) is 57.2 Å². The van der Waals surface area contributed by atoms with Gasteiger partial charge in [-0.05, 0) is 106 Å². The van der Waals surface area contributed by atoms with E-state index >= 15 is 0 Å². The topological polar surface area (TPSA) is 71.0 Å². The van der Waals surface area contributed by atoms with Crippen LogP contribution in [0.5, 0.6) is 0 Å². The fourth-order valence-electron chi connectivity index (χ4n) is 9.18. The fourth-order valence-corrected chi connectivity index (χ4v) is 9.18. The van der Waals surface area contributed by atoms with Gasteiger partial charge in [-0.25, -0.2) is 9.18 Å². The molecule has 1 aliphatic heterocycles. The minimum Gasteiger partial charge on any atom is -0.312 e. The molecule has 1 N–H and O–H groups in total. The lowest BCUT2D eigenvalue weighted by Gasteiger charge is -2.58. The van der Waals surface area contributed by atoms with Crippen LogP contribution in [0.25, 0.3) is 0 Å². The molecule has 7 atom stereocenters. The van der Waals surface area contributed by atoms with Crippen molar-refractivity contribution in [1.29, 1.82) is 0 Å². The van der Waals surface area contributed by atoms with Crippen LogP contribution in [0, 0.1) is 34.5 Å². The lowest BCUT2D eigenvalue weighted by atomic mass is 9.46. The average Bonchev–Trinajstić information content (AvgIpc) is 3.25. The molecule has 1 saturated heterocycles. The Labute approximate surface area is 221 Å². The molecule has 6 nitrogen and oxygen atoms in total. The predicted octanol–water partition coefficient (Wildman–Crippen LogP) is 6.06. The van der Waals surface area contributed by atoms with Crippen molar-refractivity contribution >= 4 is 17.6 Å². The normalized spacial score (nSPS) is 39.8. The van der Waals surface area contributed by atoms with Gasteiger partial charge in [0.15, 0.2) is 5.78 Å². The van der Waals surface area contributed by atoms with Gasteiger partial charge in [0.25, 0.3) is 0 Å². The van der Waals surface area contributed by atoms with Crippen LogP contribution in [0.15, 0.2) is 16.8 Å². The molecule has 206 valence electrons. The maximum absolute atomic E-state index is 13.2. The quantitative estimate of drug-likeness (QED) is 0.265. The molecule has 0 bridgehead atoms. The minimum absolute atomic E-state index is 0.0403. The molecule has 3 saturated carbocycles. The lowest BCUT2D eigenvalue weighted by Crippen LogP contribution is -2.51. The number of ketones is 1. The van der Waals surface area contributed by atoms with Gasteiger partial charge in [0.2, 0.25) is 0 Å². The number of allylic oxidation sites excluding steroid dienone is 1. The molecule has 0 aromatic rings. The summed E-state index contributed by atoms with van der Waals surface area (Å²) >= 11 is 0. The van der Waals surface area contributed by atoms with Crippen molar-refractivity contribution in [2.24, 2.45) is 39.7 Å². The summed E-state index contributed by atoms with van der Waals surface area (Å²) < 4.78 is 13.2. The molecular weight excluding hydrogens is 469 g/mol. The lowest BCUT2D eigenvalue weighted by molar-refractivity contribution is -0.117. The van der Waals surface area contributed by atoms with Crippen molar-refractivity contribution in [2.75, 3.05) is 26.3 Å². The highest BCUT2D eigenvalue weighted by Crippen LogP contribution is 2.66. The van der Waals surface area contributed by atoms with E-state index in [9.17, 15) is 14.0 Å². The van der Waals surface area contributed by atoms with Gasteiger partial charge < -0.3 is 10.2 Å². The molecule has 0 aromatic heterocycles. The number of carbonyl (C=O) groups is 2. The molecule has 5 aliphatic rings. The molecule has 4 aliphatic carbocycles. The number of rotatable bonds is 6. The summed E-state index contributed by atoms with van der Waals surface area (Å²) in [5.41, 5.74) is 2.66. The third kappa shape index (κ3) is 5.02. The summed E-state index contributed by atoms with van der Waals surface area (Å²) in [6.45, 7) is 7.74. The maximum atomic E-state index is 13.2. The number of halogens is 1. The van der Waals surface area contributed by atoms with Crippen molar-refractivity contribution in [3.05, 3.63) is 11.6 Å². The van der Waals surface area contributed by atoms with Crippen molar-refractivity contribution in [1.82, 2.24) is 10.2 Å². The molecule has 37 heavy (non-hydrogen) atoms. The number of alkyl halides is 1. The average molecular weight is 516 g/mol. The molecule has 0 aromatic carbocycles. The van der Waals surface area contributed by atoms with E-state index in [4.69, 9.17) is 4.84 Å². The molecule has 1 heterocycles. The third-order valence-electron chi connectivity index (χ3n) is 11.2. The van der Waals surface area contributed by atoms with Gasteiger partial charge in [0.1, 0.15) is 6.67 Å². The van der Waals surface area contributed by atoms with Gasteiger partial charge in [-0.3, -0.25) is 9.63 Å². The molecule has 7 heteroatoms. The van der Waals surface area contributed by atoms with E-state index in [1.807, 2.05) is 13.0 Å². The van der Waals surface area contributed by atoms with Gasteiger partial charge in [-0.15, -0.1) is 0 Å². The molecule has 0 spiro atoms. The zero-order chi connectivity index (χ0) is 26.2. The van der Waals surface area contributed by atoms with Gasteiger partial charge >= 0.3 is 6.09 Å². The second-order valence-electron chi connectivity index (χ2n) is 13.0. The number of oxime groups is 1. The highest BCUT2D eigenvalue weighted by molar-refractivity contribution is 5.91. The number of fused-ring (bicyclic) bond motifs is 5. The zero-order valence-electron chi connectivity index (χ0n) is 23.1. The Morgan fingerprint density at radius 3 is 2.73 bits per heavy atom. The first-order valence-corrected chi connectivity index (χ1v) is 14.8. The maximum Gasteiger partial charge on any atom is 0.436 e. The van der Waals surface area contributed by atoms with E-state index in [-0.39, 0.29) is 23.4 Å². The SMILES string of the molecule is C/C(=N\OC(=O)N(CCF)CC1CCCCN1)[C@H]1CC[C@H]2[C@@H]3CCC4=CC(=O)CC[C@]4(C)[C@H]3CC[C@]12C. The van der Waals surface area contributed by atoms with Crippen molar-refractivity contribution in [2.45, 2.75) is 97.4 Å². The van der Waals surface area contributed by atoms with Gasteiger partial charge in [0, 0.05) is 24.9 Å². The third-order valence-corrected chi connectivity index (χ3v) is 11.2. The first-order chi connectivity index (χ1) is 17.8. The van der Waals surface area contributed by atoms with Crippen LogP contribution < -0.4 is 5.32 Å². The summed E-state index contributed by atoms with van der Waals surface area (Å²) in [5, 5.41) is 7.79. The predicted molar refractivity (Wildman–Crippen MR) is 143 cm³/mol. The number of carbonyl (C=O) groups excluding carboxylic acids is 2. The first kappa shape index (κ1) is 26.8. The van der Waals surface area contributed by atoms with Crippen LogP contribution in [0.4, 0.5) is 9.18 Å². The molecule has 5 rings (SSSR count). The van der Waals surface area contributed by atoms with E-state index in [0.29, 0.717) is 42.4 Å². The van der Waals surface area contributed by atoms with Crippen LogP contribution in [0.1, 0.15) is 91.4 Å². The Bertz CT molecular complexity index is 944. The molecule has 0 radical (unpaired) electrons. The smallest absolute Gasteiger partial charge is 0.312 e. The monoisotopic (exact) mass is 515 g/mol. The number of nitrogens with zero attached hydrogens (tertiary/aromatic N) is 2. The Balaban J connectivity index is 1.25. The summed E-state index contributed by atoms with van der Waals surface area (Å²) in [4.78, 5) is 31.9. The summed E-state index contributed by atoms with van der Waals surface area (Å²) in [6.07, 6.45) is 13.3. The van der Waals surface area contributed by atoms with E-state index < -0.39 is 12.8 Å². The van der Waals surface area contributed by atoms with E-state index in [1.54, 1.807) is 0 Å². The van der Waals surface area contributed by atoms with Gasteiger partial charge in [-0.1, -0.05) is 31.0 Å². The standard InChI is InChI=1S/C30H46FN3O3/c1-20(33-37-28(36)34(17-15-31)19-22-6-4-5-16-32-22)25-9-10-26-24-8-7-21-18-23(35)11-13-29(21,2)27(24)12-14-30(25,26)3/h18,22,24-27,32H,4-17,19H2,1-3H3/b33-20+/t22?,24-,25+,26-,27-,29-,30+/m0/s1. The molecule has 1 amide bonds. The molecule has 4 fully saturated rings. The highest BCUT2D eigenvalue weighted by Gasteiger charge is 2.59. The van der Waals surface area contributed by atoms with Gasteiger partial charge in [-0.2, -0.15) is 0 Å². The Morgan fingerprint density at radius 2 is 1.97 bits per heavy atom. The number of amides is 1. The Hall–Kier alpha value is -1.76. The largest absolute Gasteiger partial charge is 0.436 e. The number of hydrogen-bond acceptors (Lipinski definition) is 5. The first-order valence-electron chi connectivity index (χ1n) is 14.8. The summed E-state index contributed by atoms with van der Waals surface area (Å²) in [5.74, 6) is 2.62. The Kier molecular flexibility index (Phi) is 7.82. The van der Waals surface area contributed by atoms with Crippen molar-refractivity contribution < 1.29 is 18.8 Å². The Morgan fingerprint density at radius 1 is 1.14 bits per heavy atom. The van der Waals surface area contributed by atoms with E-state index in [1.165, 1.54) is 29.7 Å².